The van der Waals surface area contributed by atoms with Gasteiger partial charge < -0.3 is 5.11 Å². The summed E-state index contributed by atoms with van der Waals surface area (Å²) >= 11 is 1.28. The molecular weight excluding hydrogens is 164 g/mol. The molecular formula is C6H8N2O2S. The molecule has 0 spiro atoms. The highest BCUT2D eigenvalue weighted by molar-refractivity contribution is 7.09. The predicted octanol–water partition coefficient (Wildman–Crippen LogP) is 1.12. The van der Waals surface area contributed by atoms with E-state index < -0.39 is 11.9 Å². The van der Waals surface area contributed by atoms with Crippen LogP contribution in [0.1, 0.15) is 24.3 Å². The monoisotopic (exact) mass is 172 g/mol. The Morgan fingerprint density at radius 2 is 2.64 bits per heavy atom. The summed E-state index contributed by atoms with van der Waals surface area (Å²) in [5.74, 6) is -1.31. The van der Waals surface area contributed by atoms with E-state index in [1.54, 1.807) is 5.51 Å². The Hall–Kier alpha value is -0.970. The number of carboxylic acid groups (broad SMARTS) is 1. The van der Waals surface area contributed by atoms with Crippen molar-refractivity contribution in [1.82, 2.24) is 10.2 Å². The van der Waals surface area contributed by atoms with Gasteiger partial charge in [-0.3, -0.25) is 4.79 Å². The third-order valence-electron chi connectivity index (χ3n) is 1.38. The lowest BCUT2D eigenvalue weighted by molar-refractivity contribution is -0.138. The normalized spacial score (nSPS) is 12.8. The number of rotatable bonds is 3. The van der Waals surface area contributed by atoms with Gasteiger partial charge in [0.15, 0.2) is 0 Å². The van der Waals surface area contributed by atoms with Crippen LogP contribution in [0, 0.1) is 0 Å². The van der Waals surface area contributed by atoms with Gasteiger partial charge in [-0.15, -0.1) is 21.5 Å². The Labute approximate surface area is 67.9 Å². The van der Waals surface area contributed by atoms with Gasteiger partial charge in [-0.2, -0.15) is 0 Å². The highest BCUT2D eigenvalue weighted by Crippen LogP contribution is 2.20. The van der Waals surface area contributed by atoms with Gasteiger partial charge in [-0.05, 0) is 6.42 Å². The Balaban J connectivity index is 2.79. The fourth-order valence-corrected chi connectivity index (χ4v) is 1.52. The van der Waals surface area contributed by atoms with Crippen LogP contribution >= 0.6 is 11.3 Å². The zero-order valence-corrected chi connectivity index (χ0v) is 6.84. The fraction of sp³-hybridized carbons (Fsp3) is 0.500. The second kappa shape index (κ2) is 3.43. The van der Waals surface area contributed by atoms with E-state index in [0.717, 1.165) is 0 Å². The van der Waals surface area contributed by atoms with Gasteiger partial charge in [0.05, 0.1) is 0 Å². The minimum Gasteiger partial charge on any atom is -0.481 e. The Morgan fingerprint density at radius 1 is 1.91 bits per heavy atom. The average molecular weight is 172 g/mol. The van der Waals surface area contributed by atoms with Gasteiger partial charge in [0.1, 0.15) is 16.4 Å². The van der Waals surface area contributed by atoms with Crippen LogP contribution in [0.2, 0.25) is 0 Å². The van der Waals surface area contributed by atoms with E-state index in [-0.39, 0.29) is 0 Å². The second-order valence-electron chi connectivity index (χ2n) is 2.08. The molecule has 0 aromatic carbocycles. The van der Waals surface area contributed by atoms with Gasteiger partial charge in [-0.25, -0.2) is 0 Å². The van der Waals surface area contributed by atoms with Crippen LogP contribution < -0.4 is 0 Å². The summed E-state index contributed by atoms with van der Waals surface area (Å²) in [6.07, 6.45) is 0.560. The summed E-state index contributed by atoms with van der Waals surface area (Å²) in [7, 11) is 0. The molecule has 11 heavy (non-hydrogen) atoms. The van der Waals surface area contributed by atoms with Crippen LogP contribution in [-0.2, 0) is 4.79 Å². The minimum absolute atomic E-state index is 0.484. The van der Waals surface area contributed by atoms with Crippen molar-refractivity contribution < 1.29 is 9.90 Å². The summed E-state index contributed by atoms with van der Waals surface area (Å²) in [5.41, 5.74) is 1.54. The molecule has 1 atom stereocenters. The van der Waals surface area contributed by atoms with Crippen LogP contribution in [0.15, 0.2) is 5.51 Å². The van der Waals surface area contributed by atoms with Crippen molar-refractivity contribution in [1.29, 1.82) is 0 Å². The van der Waals surface area contributed by atoms with E-state index in [4.69, 9.17) is 5.11 Å². The minimum atomic E-state index is -0.829. The molecule has 1 N–H and O–H groups in total. The first-order valence-electron chi connectivity index (χ1n) is 3.24. The van der Waals surface area contributed by atoms with E-state index in [1.165, 1.54) is 11.3 Å². The van der Waals surface area contributed by atoms with Gasteiger partial charge >= 0.3 is 5.97 Å². The molecule has 60 valence electrons. The summed E-state index contributed by atoms with van der Waals surface area (Å²) in [5, 5.41) is 16.5. The Morgan fingerprint density at radius 3 is 3.00 bits per heavy atom. The molecule has 0 bridgehead atoms. The largest absolute Gasteiger partial charge is 0.481 e. The summed E-state index contributed by atoms with van der Waals surface area (Å²) < 4.78 is 0. The maximum Gasteiger partial charge on any atom is 0.313 e. The molecule has 1 heterocycles. The molecule has 1 aromatic rings. The first-order chi connectivity index (χ1) is 5.25. The number of aromatic nitrogens is 2. The fourth-order valence-electron chi connectivity index (χ4n) is 0.788. The standard InChI is InChI=1S/C6H8N2O2S/c1-2-4(6(9)10)5-8-7-3-11-5/h3-4H,2H2,1H3,(H,9,10). The summed E-state index contributed by atoms with van der Waals surface area (Å²) in [4.78, 5) is 10.6. The van der Waals surface area contributed by atoms with Crippen molar-refractivity contribution in [2.75, 3.05) is 0 Å². The van der Waals surface area contributed by atoms with Crippen LogP contribution in [0.4, 0.5) is 0 Å². The first-order valence-corrected chi connectivity index (χ1v) is 4.12. The molecule has 1 rings (SSSR count). The van der Waals surface area contributed by atoms with Gasteiger partial charge in [-0.1, -0.05) is 6.92 Å². The van der Waals surface area contributed by atoms with Crippen molar-refractivity contribution in [3.8, 4) is 0 Å². The van der Waals surface area contributed by atoms with E-state index in [2.05, 4.69) is 10.2 Å². The van der Waals surface area contributed by atoms with Gasteiger partial charge in [0, 0.05) is 0 Å². The average Bonchev–Trinajstić information content (AvgIpc) is 2.40. The third kappa shape index (κ3) is 1.74. The maximum atomic E-state index is 10.6. The lowest BCUT2D eigenvalue weighted by Crippen LogP contribution is -2.09. The molecule has 1 unspecified atom stereocenters. The summed E-state index contributed by atoms with van der Waals surface area (Å²) in [6, 6.07) is 0. The van der Waals surface area contributed by atoms with Crippen molar-refractivity contribution in [3.63, 3.8) is 0 Å². The van der Waals surface area contributed by atoms with Crippen LogP contribution in [0.5, 0.6) is 0 Å². The maximum absolute atomic E-state index is 10.6. The van der Waals surface area contributed by atoms with Crippen LogP contribution in [-0.4, -0.2) is 21.3 Å². The number of carboxylic acids is 1. The molecule has 0 saturated heterocycles. The highest BCUT2D eigenvalue weighted by atomic mass is 32.1. The summed E-state index contributed by atoms with van der Waals surface area (Å²) in [6.45, 7) is 1.82. The molecule has 0 aliphatic carbocycles. The molecule has 1 aromatic heterocycles. The Kier molecular flexibility index (Phi) is 2.53. The number of hydrogen-bond acceptors (Lipinski definition) is 4. The van der Waals surface area contributed by atoms with Crippen molar-refractivity contribution in [2.24, 2.45) is 0 Å². The first kappa shape index (κ1) is 8.13. The molecule has 5 heteroatoms. The predicted molar refractivity (Wildman–Crippen MR) is 40.6 cm³/mol. The smallest absolute Gasteiger partial charge is 0.313 e. The van der Waals surface area contributed by atoms with Crippen molar-refractivity contribution >= 4 is 17.3 Å². The highest BCUT2D eigenvalue weighted by Gasteiger charge is 2.20. The molecule has 0 fully saturated rings. The van der Waals surface area contributed by atoms with Crippen LogP contribution in [0.3, 0.4) is 0 Å². The Bertz CT molecular complexity index is 235. The number of aliphatic carboxylic acids is 1. The molecule has 0 aliphatic rings. The van der Waals surface area contributed by atoms with Crippen molar-refractivity contribution in [2.45, 2.75) is 19.3 Å². The molecule has 0 radical (unpaired) electrons. The third-order valence-corrected chi connectivity index (χ3v) is 2.19. The zero-order chi connectivity index (χ0) is 8.27. The zero-order valence-electron chi connectivity index (χ0n) is 6.02. The van der Waals surface area contributed by atoms with Gasteiger partial charge in [0.2, 0.25) is 0 Å². The van der Waals surface area contributed by atoms with Crippen LogP contribution in [0.25, 0.3) is 0 Å². The second-order valence-corrected chi connectivity index (χ2v) is 2.94. The molecule has 0 saturated carbocycles. The molecule has 0 amide bonds. The van der Waals surface area contributed by atoms with Crippen molar-refractivity contribution in [3.05, 3.63) is 10.5 Å². The quantitative estimate of drug-likeness (QED) is 0.742. The topological polar surface area (TPSA) is 63.1 Å². The lowest BCUT2D eigenvalue weighted by Gasteiger charge is -2.02. The number of carbonyl (C=O) groups is 1. The van der Waals surface area contributed by atoms with Gasteiger partial charge in [0.25, 0.3) is 0 Å². The number of hydrogen-bond donors (Lipinski definition) is 1. The lowest BCUT2D eigenvalue weighted by atomic mass is 10.1. The SMILES string of the molecule is CCC(C(=O)O)c1nncs1. The number of nitrogens with zero attached hydrogens (tertiary/aromatic N) is 2. The van der Waals surface area contributed by atoms with E-state index >= 15 is 0 Å². The van der Waals surface area contributed by atoms with E-state index in [9.17, 15) is 4.79 Å². The molecule has 4 nitrogen and oxygen atoms in total. The molecule has 0 aliphatic heterocycles. The van der Waals surface area contributed by atoms with E-state index in [0.29, 0.717) is 11.4 Å². The van der Waals surface area contributed by atoms with E-state index in [1.807, 2.05) is 6.92 Å².